The highest BCUT2D eigenvalue weighted by Crippen LogP contribution is 2.17. The molecule has 0 spiro atoms. The summed E-state index contributed by atoms with van der Waals surface area (Å²) in [6, 6.07) is 1.63. The second kappa shape index (κ2) is 5.29. The van der Waals surface area contributed by atoms with Crippen LogP contribution in [0.5, 0.6) is 0 Å². The minimum absolute atomic E-state index is 0.232. The monoisotopic (exact) mass is 272 g/mol. The lowest BCUT2D eigenvalue weighted by atomic mass is 10.1. The quantitative estimate of drug-likeness (QED) is 0.595. The van der Waals surface area contributed by atoms with E-state index in [-0.39, 0.29) is 13.1 Å². The predicted octanol–water partition coefficient (Wildman–Crippen LogP) is 1.02. The van der Waals surface area contributed by atoms with Crippen LogP contribution in [0.2, 0.25) is 0 Å². The van der Waals surface area contributed by atoms with Gasteiger partial charge in [0.25, 0.3) is 5.91 Å². The van der Waals surface area contributed by atoms with Gasteiger partial charge in [-0.05, 0) is 12.1 Å². The predicted molar refractivity (Wildman–Crippen MR) is 59.9 cm³/mol. The summed E-state index contributed by atoms with van der Waals surface area (Å²) in [4.78, 5) is 25.3. The van der Waals surface area contributed by atoms with Crippen molar-refractivity contribution in [2.75, 3.05) is 26.2 Å². The average Bonchev–Trinajstić information content (AvgIpc) is 2.44. The lowest BCUT2D eigenvalue weighted by Gasteiger charge is -2.32. The summed E-state index contributed by atoms with van der Waals surface area (Å²) in [6.45, 7) is 1.13. The standard InChI is InChI=1S/C12H11F3N2O2/c13-9-2-1-8(10(14)11(9)15)12(19)17-5-3-16(7-18)4-6-17/h1-2,7H,3-6H2. The highest BCUT2D eigenvalue weighted by Gasteiger charge is 2.25. The summed E-state index contributed by atoms with van der Waals surface area (Å²) in [7, 11) is 0. The molecule has 0 aromatic heterocycles. The van der Waals surface area contributed by atoms with E-state index in [2.05, 4.69) is 0 Å². The topological polar surface area (TPSA) is 40.6 Å². The Bertz CT molecular complexity index is 514. The number of halogens is 3. The summed E-state index contributed by atoms with van der Waals surface area (Å²) in [5.74, 6) is -5.18. The molecule has 1 aliphatic rings. The van der Waals surface area contributed by atoms with Gasteiger partial charge in [-0.1, -0.05) is 0 Å². The van der Waals surface area contributed by atoms with E-state index in [1.54, 1.807) is 0 Å². The molecule has 0 N–H and O–H groups in total. The van der Waals surface area contributed by atoms with Gasteiger partial charge in [0.1, 0.15) is 0 Å². The molecule has 0 saturated carbocycles. The minimum Gasteiger partial charge on any atom is -0.342 e. The normalized spacial score (nSPS) is 15.5. The number of carbonyl (C=O) groups is 2. The van der Waals surface area contributed by atoms with Crippen LogP contribution in [0.4, 0.5) is 13.2 Å². The van der Waals surface area contributed by atoms with Gasteiger partial charge < -0.3 is 9.80 Å². The first kappa shape index (κ1) is 13.4. The molecule has 1 aromatic carbocycles. The largest absolute Gasteiger partial charge is 0.342 e. The van der Waals surface area contributed by atoms with Crippen LogP contribution in [0.3, 0.4) is 0 Å². The smallest absolute Gasteiger partial charge is 0.257 e. The Labute approximate surface area is 107 Å². The zero-order chi connectivity index (χ0) is 14.0. The SMILES string of the molecule is O=CN1CCN(C(=O)c2ccc(F)c(F)c2F)CC1. The molecule has 2 amide bonds. The Hall–Kier alpha value is -2.05. The fraction of sp³-hybridized carbons (Fsp3) is 0.333. The molecule has 1 aliphatic heterocycles. The second-order valence-corrected chi connectivity index (χ2v) is 4.16. The first-order valence-corrected chi connectivity index (χ1v) is 5.66. The van der Waals surface area contributed by atoms with Crippen LogP contribution in [0.25, 0.3) is 0 Å². The molecule has 0 aliphatic carbocycles. The molecule has 0 bridgehead atoms. The van der Waals surface area contributed by atoms with Crippen molar-refractivity contribution < 1.29 is 22.8 Å². The fourth-order valence-corrected chi connectivity index (χ4v) is 1.89. The van der Waals surface area contributed by atoms with E-state index in [1.807, 2.05) is 0 Å². The minimum atomic E-state index is -1.66. The number of nitrogens with zero attached hydrogens (tertiary/aromatic N) is 2. The van der Waals surface area contributed by atoms with Gasteiger partial charge in [0, 0.05) is 26.2 Å². The zero-order valence-electron chi connectivity index (χ0n) is 9.91. The van der Waals surface area contributed by atoms with Gasteiger partial charge in [-0.15, -0.1) is 0 Å². The molecule has 1 saturated heterocycles. The summed E-state index contributed by atoms with van der Waals surface area (Å²) in [5, 5.41) is 0. The number of piperazine rings is 1. The number of rotatable bonds is 2. The van der Waals surface area contributed by atoms with Crippen LogP contribution in [0.1, 0.15) is 10.4 Å². The third kappa shape index (κ3) is 2.54. The molecule has 0 radical (unpaired) electrons. The highest BCUT2D eigenvalue weighted by atomic mass is 19.2. The van der Waals surface area contributed by atoms with Gasteiger partial charge in [-0.3, -0.25) is 9.59 Å². The fourth-order valence-electron chi connectivity index (χ4n) is 1.89. The van der Waals surface area contributed by atoms with E-state index in [1.165, 1.54) is 9.80 Å². The number of carbonyl (C=O) groups excluding carboxylic acids is 2. The maximum atomic E-state index is 13.5. The van der Waals surface area contributed by atoms with Gasteiger partial charge >= 0.3 is 0 Å². The number of amides is 2. The van der Waals surface area contributed by atoms with Gasteiger partial charge in [0.05, 0.1) is 5.56 Å². The van der Waals surface area contributed by atoms with Gasteiger partial charge in [-0.2, -0.15) is 0 Å². The lowest BCUT2D eigenvalue weighted by Crippen LogP contribution is -2.48. The van der Waals surface area contributed by atoms with E-state index < -0.39 is 28.9 Å². The van der Waals surface area contributed by atoms with Crippen LogP contribution in [0.15, 0.2) is 12.1 Å². The van der Waals surface area contributed by atoms with E-state index >= 15 is 0 Å². The molecule has 102 valence electrons. The Morgan fingerprint density at radius 2 is 1.68 bits per heavy atom. The van der Waals surface area contributed by atoms with Crippen molar-refractivity contribution in [3.05, 3.63) is 35.1 Å². The van der Waals surface area contributed by atoms with Crippen molar-refractivity contribution in [3.8, 4) is 0 Å². The molecular formula is C12H11F3N2O2. The average molecular weight is 272 g/mol. The number of benzene rings is 1. The molecule has 7 heteroatoms. The van der Waals surface area contributed by atoms with Gasteiger partial charge in [-0.25, -0.2) is 13.2 Å². The molecule has 4 nitrogen and oxygen atoms in total. The van der Waals surface area contributed by atoms with Gasteiger partial charge in [0.15, 0.2) is 17.5 Å². The van der Waals surface area contributed by atoms with Crippen LogP contribution in [-0.4, -0.2) is 48.3 Å². The maximum Gasteiger partial charge on any atom is 0.257 e. The van der Waals surface area contributed by atoms with Crippen LogP contribution in [-0.2, 0) is 4.79 Å². The Morgan fingerprint density at radius 1 is 1.05 bits per heavy atom. The maximum absolute atomic E-state index is 13.5. The van der Waals surface area contributed by atoms with Gasteiger partial charge in [0.2, 0.25) is 6.41 Å². The van der Waals surface area contributed by atoms with Crippen LogP contribution in [0, 0.1) is 17.5 Å². The van der Waals surface area contributed by atoms with E-state index in [9.17, 15) is 22.8 Å². The van der Waals surface area contributed by atoms with Crippen molar-refractivity contribution in [3.63, 3.8) is 0 Å². The summed E-state index contributed by atoms with van der Waals surface area (Å²) >= 11 is 0. The molecule has 1 heterocycles. The van der Waals surface area contributed by atoms with Crippen molar-refractivity contribution in [2.24, 2.45) is 0 Å². The van der Waals surface area contributed by atoms with Crippen molar-refractivity contribution in [1.29, 1.82) is 0 Å². The lowest BCUT2D eigenvalue weighted by molar-refractivity contribution is -0.119. The Morgan fingerprint density at radius 3 is 2.26 bits per heavy atom. The summed E-state index contributed by atoms with van der Waals surface area (Å²) in [5.41, 5.74) is -0.501. The summed E-state index contributed by atoms with van der Waals surface area (Å²) < 4.78 is 39.3. The molecular weight excluding hydrogens is 261 g/mol. The van der Waals surface area contributed by atoms with E-state index in [4.69, 9.17) is 0 Å². The second-order valence-electron chi connectivity index (χ2n) is 4.16. The van der Waals surface area contributed by atoms with Crippen molar-refractivity contribution in [2.45, 2.75) is 0 Å². The zero-order valence-corrected chi connectivity index (χ0v) is 9.91. The van der Waals surface area contributed by atoms with Crippen LogP contribution >= 0.6 is 0 Å². The molecule has 2 rings (SSSR count). The van der Waals surface area contributed by atoms with E-state index in [0.29, 0.717) is 25.6 Å². The molecule has 0 atom stereocenters. The number of hydrogen-bond acceptors (Lipinski definition) is 2. The molecule has 19 heavy (non-hydrogen) atoms. The first-order chi connectivity index (χ1) is 9.04. The Kier molecular flexibility index (Phi) is 3.73. The first-order valence-electron chi connectivity index (χ1n) is 5.66. The molecule has 1 aromatic rings. The third-order valence-electron chi connectivity index (χ3n) is 3.02. The molecule has 0 unspecified atom stereocenters. The Balaban J connectivity index is 2.17. The third-order valence-corrected chi connectivity index (χ3v) is 3.02. The van der Waals surface area contributed by atoms with Crippen molar-refractivity contribution >= 4 is 12.3 Å². The number of hydrogen-bond donors (Lipinski definition) is 0. The molecule has 1 fully saturated rings. The van der Waals surface area contributed by atoms with E-state index in [0.717, 1.165) is 6.07 Å². The van der Waals surface area contributed by atoms with Crippen molar-refractivity contribution in [1.82, 2.24) is 9.80 Å². The summed E-state index contributed by atoms with van der Waals surface area (Å²) in [6.07, 6.45) is 0.667. The highest BCUT2D eigenvalue weighted by molar-refractivity contribution is 5.94. The van der Waals surface area contributed by atoms with Crippen LogP contribution < -0.4 is 0 Å².